The third-order valence-electron chi connectivity index (χ3n) is 4.39. The van der Waals surface area contributed by atoms with Crippen LogP contribution in [0.5, 0.6) is 0 Å². The second-order valence-electron chi connectivity index (χ2n) is 6.17. The molecule has 1 saturated carbocycles. The van der Waals surface area contributed by atoms with E-state index >= 15 is 0 Å². The number of fused-ring (bicyclic) bond motifs is 1. The van der Waals surface area contributed by atoms with Gasteiger partial charge in [0, 0.05) is 24.2 Å². The summed E-state index contributed by atoms with van der Waals surface area (Å²) in [6.45, 7) is 0.500. The summed E-state index contributed by atoms with van der Waals surface area (Å²) in [6, 6.07) is 16.1. The van der Waals surface area contributed by atoms with Gasteiger partial charge in [0.05, 0.1) is 11.1 Å². The van der Waals surface area contributed by atoms with Crippen LogP contribution in [0.25, 0.3) is 10.9 Å². The summed E-state index contributed by atoms with van der Waals surface area (Å²) in [7, 11) is 0. The lowest BCUT2D eigenvalue weighted by molar-refractivity contribution is 0.0732. The second kappa shape index (κ2) is 6.04. The summed E-state index contributed by atoms with van der Waals surface area (Å²) in [6.07, 6.45) is 3.73. The molecule has 2 aromatic carbocycles. The minimum Gasteiger partial charge on any atom is -0.331 e. The SMILES string of the molecule is O=C(c1ccnc2ccccc12)N(Cc1ccc(F)cc1)C1CC1. The zero-order valence-corrected chi connectivity index (χ0v) is 13.2. The van der Waals surface area contributed by atoms with E-state index in [1.165, 1.54) is 12.1 Å². The normalized spacial score (nSPS) is 13.9. The minimum absolute atomic E-state index is 0.0143. The van der Waals surface area contributed by atoms with Gasteiger partial charge >= 0.3 is 0 Å². The molecule has 0 N–H and O–H groups in total. The number of carbonyl (C=O) groups is 1. The van der Waals surface area contributed by atoms with Crippen molar-refractivity contribution < 1.29 is 9.18 Å². The fourth-order valence-corrected chi connectivity index (χ4v) is 2.98. The van der Waals surface area contributed by atoms with Crippen molar-refractivity contribution in [3.8, 4) is 0 Å². The summed E-state index contributed by atoms with van der Waals surface area (Å²) >= 11 is 0. The topological polar surface area (TPSA) is 33.2 Å². The first-order valence-electron chi connectivity index (χ1n) is 8.11. The zero-order chi connectivity index (χ0) is 16.5. The minimum atomic E-state index is -0.261. The molecule has 0 saturated heterocycles. The van der Waals surface area contributed by atoms with Crippen LogP contribution in [0.1, 0.15) is 28.8 Å². The maximum absolute atomic E-state index is 13.1. The lowest BCUT2D eigenvalue weighted by atomic mass is 10.1. The summed E-state index contributed by atoms with van der Waals surface area (Å²) in [5, 5.41) is 0.870. The van der Waals surface area contributed by atoms with Crippen LogP contribution in [0.2, 0.25) is 0 Å². The predicted octanol–water partition coefficient (Wildman–Crippen LogP) is 4.18. The molecular formula is C20H17FN2O. The lowest BCUT2D eigenvalue weighted by Gasteiger charge is -2.23. The molecule has 4 heteroatoms. The van der Waals surface area contributed by atoms with Gasteiger partial charge in [0.1, 0.15) is 5.82 Å². The van der Waals surface area contributed by atoms with E-state index in [9.17, 15) is 9.18 Å². The number of para-hydroxylation sites is 1. The average molecular weight is 320 g/mol. The molecule has 3 nitrogen and oxygen atoms in total. The van der Waals surface area contributed by atoms with Crippen molar-refractivity contribution >= 4 is 16.8 Å². The third kappa shape index (κ3) is 2.87. The predicted molar refractivity (Wildman–Crippen MR) is 91.0 cm³/mol. The summed E-state index contributed by atoms with van der Waals surface area (Å²) in [5.74, 6) is -0.247. The van der Waals surface area contributed by atoms with E-state index in [0.29, 0.717) is 12.1 Å². The van der Waals surface area contributed by atoms with E-state index in [2.05, 4.69) is 4.98 Å². The number of rotatable bonds is 4. The van der Waals surface area contributed by atoms with E-state index < -0.39 is 0 Å². The van der Waals surface area contributed by atoms with Gasteiger partial charge in [0.15, 0.2) is 0 Å². The van der Waals surface area contributed by atoms with E-state index in [4.69, 9.17) is 0 Å². The van der Waals surface area contributed by atoms with Crippen LogP contribution in [-0.2, 0) is 6.54 Å². The van der Waals surface area contributed by atoms with Crippen molar-refractivity contribution in [2.75, 3.05) is 0 Å². The van der Waals surface area contributed by atoms with Crippen molar-refractivity contribution in [1.29, 1.82) is 0 Å². The lowest BCUT2D eigenvalue weighted by Crippen LogP contribution is -2.32. The Morgan fingerprint density at radius 2 is 1.83 bits per heavy atom. The van der Waals surface area contributed by atoms with Crippen LogP contribution >= 0.6 is 0 Å². The van der Waals surface area contributed by atoms with Gasteiger partial charge in [-0.2, -0.15) is 0 Å². The Balaban J connectivity index is 1.68. The van der Waals surface area contributed by atoms with Gasteiger partial charge in [-0.25, -0.2) is 4.39 Å². The Labute approximate surface area is 139 Å². The molecule has 1 aromatic heterocycles. The Hall–Kier alpha value is -2.75. The Morgan fingerprint density at radius 3 is 2.58 bits per heavy atom. The number of aromatic nitrogens is 1. The van der Waals surface area contributed by atoms with Crippen LogP contribution in [0.15, 0.2) is 60.8 Å². The van der Waals surface area contributed by atoms with Crippen molar-refractivity contribution in [2.45, 2.75) is 25.4 Å². The van der Waals surface area contributed by atoms with Crippen LogP contribution in [0, 0.1) is 5.82 Å². The largest absolute Gasteiger partial charge is 0.331 e. The molecule has 0 radical (unpaired) electrons. The number of carbonyl (C=O) groups excluding carboxylic acids is 1. The van der Waals surface area contributed by atoms with E-state index in [1.54, 1.807) is 24.4 Å². The molecule has 1 heterocycles. The van der Waals surface area contributed by atoms with E-state index in [-0.39, 0.29) is 17.8 Å². The molecule has 4 rings (SSSR count). The number of hydrogen-bond acceptors (Lipinski definition) is 2. The number of pyridine rings is 1. The monoisotopic (exact) mass is 320 g/mol. The summed E-state index contributed by atoms with van der Waals surface area (Å²) in [4.78, 5) is 19.4. The maximum atomic E-state index is 13.1. The first kappa shape index (κ1) is 14.8. The fraction of sp³-hybridized carbons (Fsp3) is 0.200. The van der Waals surface area contributed by atoms with Gasteiger partial charge in [-0.3, -0.25) is 9.78 Å². The molecule has 1 aliphatic rings. The molecule has 120 valence electrons. The van der Waals surface area contributed by atoms with E-state index in [0.717, 1.165) is 29.3 Å². The van der Waals surface area contributed by atoms with Crippen molar-refractivity contribution in [3.05, 3.63) is 77.7 Å². The summed E-state index contributed by atoms with van der Waals surface area (Å²) in [5.41, 5.74) is 2.44. The van der Waals surface area contributed by atoms with Crippen LogP contribution in [0.3, 0.4) is 0 Å². The maximum Gasteiger partial charge on any atom is 0.255 e. The molecule has 0 bridgehead atoms. The fourth-order valence-electron chi connectivity index (χ4n) is 2.98. The quantitative estimate of drug-likeness (QED) is 0.722. The first-order chi connectivity index (χ1) is 11.7. The third-order valence-corrected chi connectivity index (χ3v) is 4.39. The Kier molecular flexibility index (Phi) is 3.73. The average Bonchev–Trinajstić information content (AvgIpc) is 3.45. The van der Waals surface area contributed by atoms with Gasteiger partial charge in [0.2, 0.25) is 0 Å². The van der Waals surface area contributed by atoms with Crippen molar-refractivity contribution in [3.63, 3.8) is 0 Å². The molecule has 0 aliphatic heterocycles. The van der Waals surface area contributed by atoms with Crippen LogP contribution in [-0.4, -0.2) is 21.8 Å². The highest BCUT2D eigenvalue weighted by Crippen LogP contribution is 2.31. The van der Waals surface area contributed by atoms with Crippen molar-refractivity contribution in [1.82, 2.24) is 9.88 Å². The first-order valence-corrected chi connectivity index (χ1v) is 8.11. The number of benzene rings is 2. The van der Waals surface area contributed by atoms with Crippen LogP contribution in [0.4, 0.5) is 4.39 Å². The molecule has 0 unspecified atom stereocenters. The highest BCUT2D eigenvalue weighted by molar-refractivity contribution is 6.06. The van der Waals surface area contributed by atoms with Crippen molar-refractivity contribution in [2.24, 2.45) is 0 Å². The number of nitrogens with zero attached hydrogens (tertiary/aromatic N) is 2. The molecule has 1 fully saturated rings. The van der Waals surface area contributed by atoms with Crippen LogP contribution < -0.4 is 0 Å². The smallest absolute Gasteiger partial charge is 0.255 e. The highest BCUT2D eigenvalue weighted by Gasteiger charge is 2.33. The molecule has 1 aliphatic carbocycles. The van der Waals surface area contributed by atoms with Gasteiger partial charge < -0.3 is 4.90 Å². The molecule has 1 amide bonds. The van der Waals surface area contributed by atoms with Gasteiger partial charge in [-0.15, -0.1) is 0 Å². The molecule has 0 atom stereocenters. The number of halogens is 1. The zero-order valence-electron chi connectivity index (χ0n) is 13.2. The van der Waals surface area contributed by atoms with Gasteiger partial charge in [0.25, 0.3) is 5.91 Å². The standard InChI is InChI=1S/C20H17FN2O/c21-15-7-5-14(6-8-15)13-23(16-9-10-16)20(24)18-11-12-22-19-4-2-1-3-17(18)19/h1-8,11-12,16H,9-10,13H2. The highest BCUT2D eigenvalue weighted by atomic mass is 19.1. The molecule has 24 heavy (non-hydrogen) atoms. The van der Waals surface area contributed by atoms with E-state index in [1.807, 2.05) is 29.2 Å². The Bertz CT molecular complexity index is 882. The molecule has 0 spiro atoms. The number of hydrogen-bond donors (Lipinski definition) is 0. The van der Waals surface area contributed by atoms with Gasteiger partial charge in [-0.05, 0) is 42.7 Å². The molecule has 3 aromatic rings. The number of amides is 1. The summed E-state index contributed by atoms with van der Waals surface area (Å²) < 4.78 is 13.1. The Morgan fingerprint density at radius 1 is 1.08 bits per heavy atom. The second-order valence-corrected chi connectivity index (χ2v) is 6.17. The molecular weight excluding hydrogens is 303 g/mol. The van der Waals surface area contributed by atoms with Gasteiger partial charge in [-0.1, -0.05) is 30.3 Å².